The number of rotatable bonds is 3. The van der Waals surface area contributed by atoms with Crippen molar-refractivity contribution < 1.29 is 4.79 Å². The van der Waals surface area contributed by atoms with Crippen LogP contribution in [0.1, 0.15) is 22.8 Å². The molecule has 0 unspecified atom stereocenters. The molecule has 1 aromatic carbocycles. The summed E-state index contributed by atoms with van der Waals surface area (Å²) in [6, 6.07) is 5.70. The second-order valence-corrected chi connectivity index (χ2v) is 5.53. The summed E-state index contributed by atoms with van der Waals surface area (Å²) in [6.07, 6.45) is 0. The Morgan fingerprint density at radius 3 is 2.84 bits per heavy atom. The minimum Gasteiger partial charge on any atom is -0.390 e. The highest BCUT2D eigenvalue weighted by Gasteiger charge is 2.18. The largest absolute Gasteiger partial charge is 0.390 e. The number of aryl methyl sites for hydroxylation is 1. The highest BCUT2D eigenvalue weighted by atomic mass is 35.5. The fourth-order valence-corrected chi connectivity index (χ4v) is 2.82. The van der Waals surface area contributed by atoms with Gasteiger partial charge in [0, 0.05) is 22.5 Å². The molecular formula is C14H15ClN2OS. The van der Waals surface area contributed by atoms with Crippen molar-refractivity contribution in [1.29, 1.82) is 0 Å². The van der Waals surface area contributed by atoms with Crippen molar-refractivity contribution in [2.75, 3.05) is 12.3 Å². The molecule has 0 fully saturated rings. The summed E-state index contributed by atoms with van der Waals surface area (Å²) >= 11 is 7.40. The summed E-state index contributed by atoms with van der Waals surface area (Å²) < 4.78 is 0. The first-order valence-corrected chi connectivity index (χ1v) is 7.22. The molecular weight excluding hydrogens is 280 g/mol. The molecule has 0 saturated heterocycles. The van der Waals surface area contributed by atoms with Crippen molar-refractivity contribution in [1.82, 2.24) is 5.32 Å². The van der Waals surface area contributed by atoms with E-state index in [4.69, 9.17) is 17.3 Å². The molecule has 100 valence electrons. The number of benzene rings is 1. The summed E-state index contributed by atoms with van der Waals surface area (Å²) in [6.45, 7) is 4.40. The van der Waals surface area contributed by atoms with E-state index in [0.717, 1.165) is 16.7 Å². The number of hydrogen-bond acceptors (Lipinski definition) is 3. The molecule has 5 heteroatoms. The smallest absolute Gasteiger partial charge is 0.254 e. The number of nitrogens with one attached hydrogen (secondary N) is 1. The maximum absolute atomic E-state index is 12.1. The van der Waals surface area contributed by atoms with Gasteiger partial charge < -0.3 is 11.1 Å². The van der Waals surface area contributed by atoms with E-state index in [-0.39, 0.29) is 5.91 Å². The molecule has 2 rings (SSSR count). The summed E-state index contributed by atoms with van der Waals surface area (Å²) in [4.78, 5) is 12.1. The number of hydrogen-bond donors (Lipinski definition) is 2. The number of nitrogen functional groups attached to an aromatic ring is 1. The van der Waals surface area contributed by atoms with Gasteiger partial charge in [0.05, 0.1) is 10.6 Å². The van der Waals surface area contributed by atoms with Gasteiger partial charge >= 0.3 is 0 Å². The molecule has 0 radical (unpaired) electrons. The van der Waals surface area contributed by atoms with Gasteiger partial charge in [0.25, 0.3) is 5.91 Å². The van der Waals surface area contributed by atoms with Gasteiger partial charge in [-0.25, -0.2) is 0 Å². The van der Waals surface area contributed by atoms with Crippen LogP contribution in [0, 0.1) is 6.92 Å². The number of amides is 1. The first-order chi connectivity index (χ1) is 9.04. The van der Waals surface area contributed by atoms with Gasteiger partial charge in [-0.1, -0.05) is 17.7 Å². The SMILES string of the molecule is CCNC(=O)c1c(-c2ccc(Cl)c(C)c2)csc1N. The molecule has 0 bridgehead atoms. The Hall–Kier alpha value is -1.52. The van der Waals surface area contributed by atoms with Crippen LogP contribution in [0.25, 0.3) is 11.1 Å². The molecule has 0 spiro atoms. The molecule has 0 aliphatic carbocycles. The Morgan fingerprint density at radius 2 is 2.21 bits per heavy atom. The average Bonchev–Trinajstić information content (AvgIpc) is 2.75. The fraction of sp³-hybridized carbons (Fsp3) is 0.214. The van der Waals surface area contributed by atoms with Gasteiger partial charge in [0.15, 0.2) is 0 Å². The van der Waals surface area contributed by atoms with Crippen LogP contribution in [0.15, 0.2) is 23.6 Å². The molecule has 19 heavy (non-hydrogen) atoms. The summed E-state index contributed by atoms with van der Waals surface area (Å²) in [7, 11) is 0. The lowest BCUT2D eigenvalue weighted by molar-refractivity contribution is 0.0957. The van der Waals surface area contributed by atoms with Crippen LogP contribution in [0.3, 0.4) is 0 Å². The van der Waals surface area contributed by atoms with E-state index in [1.54, 1.807) is 0 Å². The molecule has 0 saturated carbocycles. The molecule has 0 atom stereocenters. The van der Waals surface area contributed by atoms with E-state index >= 15 is 0 Å². The third-order valence-corrected chi connectivity index (χ3v) is 4.09. The van der Waals surface area contributed by atoms with Gasteiger partial charge in [-0.15, -0.1) is 11.3 Å². The highest BCUT2D eigenvalue weighted by molar-refractivity contribution is 7.15. The molecule has 1 heterocycles. The lowest BCUT2D eigenvalue weighted by atomic mass is 10.0. The minimum atomic E-state index is -0.135. The fourth-order valence-electron chi connectivity index (χ4n) is 1.88. The zero-order valence-corrected chi connectivity index (χ0v) is 12.4. The van der Waals surface area contributed by atoms with Crippen molar-refractivity contribution in [3.8, 4) is 11.1 Å². The van der Waals surface area contributed by atoms with Crippen LogP contribution >= 0.6 is 22.9 Å². The third-order valence-electron chi connectivity index (χ3n) is 2.85. The Balaban J connectivity index is 2.50. The summed E-state index contributed by atoms with van der Waals surface area (Å²) in [5, 5.41) is 5.94. The normalized spacial score (nSPS) is 10.5. The summed E-state index contributed by atoms with van der Waals surface area (Å²) in [5.74, 6) is -0.135. The van der Waals surface area contributed by atoms with Crippen LogP contribution in [0.5, 0.6) is 0 Å². The zero-order valence-electron chi connectivity index (χ0n) is 10.8. The average molecular weight is 295 g/mol. The van der Waals surface area contributed by atoms with Crippen molar-refractivity contribution in [2.24, 2.45) is 0 Å². The first-order valence-electron chi connectivity index (χ1n) is 5.96. The molecule has 0 aliphatic rings. The Labute approximate surface area is 121 Å². The summed E-state index contributed by atoms with van der Waals surface area (Å²) in [5.41, 5.74) is 9.25. The van der Waals surface area contributed by atoms with E-state index < -0.39 is 0 Å². The van der Waals surface area contributed by atoms with Crippen molar-refractivity contribution >= 4 is 33.8 Å². The van der Waals surface area contributed by atoms with Crippen molar-refractivity contribution in [3.05, 3.63) is 39.7 Å². The number of thiophene rings is 1. The maximum Gasteiger partial charge on any atom is 0.254 e. The molecule has 1 amide bonds. The molecule has 3 N–H and O–H groups in total. The molecule has 2 aromatic rings. The van der Waals surface area contributed by atoms with Crippen LogP contribution in [-0.4, -0.2) is 12.5 Å². The van der Waals surface area contributed by atoms with Gasteiger partial charge in [0.1, 0.15) is 0 Å². The topological polar surface area (TPSA) is 55.1 Å². The van der Waals surface area contributed by atoms with Crippen LogP contribution in [0.4, 0.5) is 5.00 Å². The van der Waals surface area contributed by atoms with Gasteiger partial charge in [-0.2, -0.15) is 0 Å². The number of halogens is 1. The van der Waals surface area contributed by atoms with E-state index in [1.807, 2.05) is 37.4 Å². The standard InChI is InChI=1S/C14H15ClN2OS/c1-3-17-14(18)12-10(7-19-13(12)16)9-4-5-11(15)8(2)6-9/h4-7H,3,16H2,1-2H3,(H,17,18). The molecule has 3 nitrogen and oxygen atoms in total. The van der Waals surface area contributed by atoms with Gasteiger partial charge in [0.2, 0.25) is 0 Å². The van der Waals surface area contributed by atoms with Crippen LogP contribution in [-0.2, 0) is 0 Å². The lowest BCUT2D eigenvalue weighted by Gasteiger charge is -2.07. The number of anilines is 1. The van der Waals surface area contributed by atoms with Crippen LogP contribution < -0.4 is 11.1 Å². The third kappa shape index (κ3) is 2.74. The predicted octanol–water partition coefficient (Wildman–Crippen LogP) is 3.71. The number of carbonyl (C=O) groups excluding carboxylic acids is 1. The predicted molar refractivity (Wildman–Crippen MR) is 81.9 cm³/mol. The molecule has 0 aliphatic heterocycles. The Morgan fingerprint density at radius 1 is 1.47 bits per heavy atom. The minimum absolute atomic E-state index is 0.135. The number of carbonyl (C=O) groups is 1. The highest BCUT2D eigenvalue weighted by Crippen LogP contribution is 2.34. The van der Waals surface area contributed by atoms with E-state index in [1.165, 1.54) is 11.3 Å². The number of nitrogens with two attached hydrogens (primary N) is 1. The quantitative estimate of drug-likeness (QED) is 0.906. The van der Waals surface area contributed by atoms with E-state index in [0.29, 0.717) is 22.1 Å². The maximum atomic E-state index is 12.1. The Bertz CT molecular complexity index is 622. The Kier molecular flexibility index (Phi) is 4.12. The van der Waals surface area contributed by atoms with Gasteiger partial charge in [-0.3, -0.25) is 4.79 Å². The van der Waals surface area contributed by atoms with Crippen molar-refractivity contribution in [3.63, 3.8) is 0 Å². The lowest BCUT2D eigenvalue weighted by Crippen LogP contribution is -2.23. The van der Waals surface area contributed by atoms with Crippen molar-refractivity contribution in [2.45, 2.75) is 13.8 Å². The van der Waals surface area contributed by atoms with Gasteiger partial charge in [-0.05, 0) is 37.1 Å². The second-order valence-electron chi connectivity index (χ2n) is 4.21. The second kappa shape index (κ2) is 5.63. The van der Waals surface area contributed by atoms with E-state index in [9.17, 15) is 4.79 Å². The van der Waals surface area contributed by atoms with Crippen LogP contribution in [0.2, 0.25) is 5.02 Å². The monoisotopic (exact) mass is 294 g/mol. The zero-order chi connectivity index (χ0) is 14.0. The molecule has 1 aromatic heterocycles. The first kappa shape index (κ1) is 13.9. The van der Waals surface area contributed by atoms with E-state index in [2.05, 4.69) is 5.32 Å².